The van der Waals surface area contributed by atoms with Gasteiger partial charge in [-0.1, -0.05) is 30.3 Å². The lowest BCUT2D eigenvalue weighted by Gasteiger charge is -1.92. The van der Waals surface area contributed by atoms with Gasteiger partial charge in [-0.25, -0.2) is 0 Å². The van der Waals surface area contributed by atoms with E-state index in [9.17, 15) is 0 Å². The average Bonchev–Trinajstić information content (AvgIpc) is 2.53. The lowest BCUT2D eigenvalue weighted by Crippen LogP contribution is -1.72. The first-order valence-electron chi connectivity index (χ1n) is 3.84. The van der Waals surface area contributed by atoms with Crippen molar-refractivity contribution in [3.63, 3.8) is 0 Å². The molecule has 0 aliphatic heterocycles. The molecule has 0 aliphatic rings. The summed E-state index contributed by atoms with van der Waals surface area (Å²) in [5, 5.41) is 1.74. The van der Waals surface area contributed by atoms with Crippen LogP contribution < -0.4 is 0 Å². The molecule has 0 spiro atoms. The summed E-state index contributed by atoms with van der Waals surface area (Å²) >= 11 is 1.32. The van der Waals surface area contributed by atoms with E-state index in [1.807, 2.05) is 30.3 Å². The molecule has 2 heteroatoms. The van der Waals surface area contributed by atoms with Gasteiger partial charge in [0.2, 0.25) is 0 Å². The normalized spacial score (nSPS) is 11.1. The Bertz CT molecular complexity index is 369. The fraction of sp³-hybridized carbons (Fsp3) is 0. The van der Waals surface area contributed by atoms with Gasteiger partial charge < -0.3 is 0 Å². The summed E-state index contributed by atoms with van der Waals surface area (Å²) in [5.41, 5.74) is 1.80. The lowest BCUT2D eigenvalue weighted by atomic mass is 10.2. The summed E-state index contributed by atoms with van der Waals surface area (Å²) in [7, 11) is 0. The molecule has 0 N–H and O–H groups in total. The zero-order chi connectivity index (χ0) is 8.39. The maximum atomic E-state index is 7.54. The fourth-order valence-electron chi connectivity index (χ4n) is 0.920. The molecule has 0 aliphatic carbocycles. The number of nitrogens with zero attached hydrogens (tertiary/aromatic N) is 1. The predicted octanol–water partition coefficient (Wildman–Crippen LogP) is 2.81. The molecule has 0 fully saturated rings. The molecule has 54 valence electrons. The third-order valence-electron chi connectivity index (χ3n) is 1.44. The van der Waals surface area contributed by atoms with Crippen molar-refractivity contribution in [2.75, 3.05) is 0 Å². The summed E-state index contributed by atoms with van der Waals surface area (Å²) in [6.07, 6.45) is 0. The SMILES string of the molecule is [2H]c1csnc1-c1ccccc1. The molecule has 2 aromatic rings. The maximum Gasteiger partial charge on any atom is 0.0840 e. The van der Waals surface area contributed by atoms with Gasteiger partial charge >= 0.3 is 0 Å². The maximum absolute atomic E-state index is 7.54. The van der Waals surface area contributed by atoms with Gasteiger partial charge in [0.05, 0.1) is 7.06 Å². The van der Waals surface area contributed by atoms with Crippen LogP contribution in [0.3, 0.4) is 0 Å². The van der Waals surface area contributed by atoms with E-state index in [4.69, 9.17) is 1.37 Å². The van der Waals surface area contributed by atoms with Gasteiger partial charge in [-0.15, -0.1) is 0 Å². The van der Waals surface area contributed by atoms with E-state index < -0.39 is 0 Å². The van der Waals surface area contributed by atoms with Gasteiger partial charge in [0.25, 0.3) is 0 Å². The van der Waals surface area contributed by atoms with Crippen LogP contribution >= 0.6 is 11.5 Å². The summed E-state index contributed by atoms with van der Waals surface area (Å²) in [4.78, 5) is 0. The van der Waals surface area contributed by atoms with Crippen LogP contribution in [0.5, 0.6) is 0 Å². The van der Waals surface area contributed by atoms with E-state index in [0.717, 1.165) is 11.3 Å². The van der Waals surface area contributed by atoms with Crippen molar-refractivity contribution in [1.29, 1.82) is 0 Å². The second kappa shape index (κ2) is 2.84. The zero-order valence-electron chi connectivity index (χ0n) is 6.82. The highest BCUT2D eigenvalue weighted by atomic mass is 32.1. The number of rotatable bonds is 1. The average molecular weight is 162 g/mol. The van der Waals surface area contributed by atoms with Crippen LogP contribution in [0, 0.1) is 0 Å². The van der Waals surface area contributed by atoms with Gasteiger partial charge in [-0.05, 0) is 17.6 Å². The van der Waals surface area contributed by atoms with Gasteiger partial charge in [-0.2, -0.15) is 4.37 Å². The van der Waals surface area contributed by atoms with Crippen LogP contribution in [0.4, 0.5) is 0 Å². The monoisotopic (exact) mass is 162 g/mol. The smallest absolute Gasteiger partial charge is 0.0840 e. The number of hydrogen-bond acceptors (Lipinski definition) is 2. The third kappa shape index (κ3) is 1.30. The Labute approximate surface area is 70.9 Å². The van der Waals surface area contributed by atoms with Crippen molar-refractivity contribution in [1.82, 2.24) is 4.37 Å². The van der Waals surface area contributed by atoms with Crippen LogP contribution in [0.1, 0.15) is 1.37 Å². The van der Waals surface area contributed by atoms with Gasteiger partial charge in [0.1, 0.15) is 0 Å². The van der Waals surface area contributed by atoms with Crippen molar-refractivity contribution in [2.24, 2.45) is 0 Å². The minimum Gasteiger partial charge on any atom is -0.193 e. The van der Waals surface area contributed by atoms with Crippen LogP contribution in [0.25, 0.3) is 11.3 Å². The first-order valence-corrected chi connectivity index (χ1v) is 4.18. The number of hydrogen-bond donors (Lipinski definition) is 0. The Kier molecular flexibility index (Phi) is 1.42. The number of benzene rings is 1. The van der Waals surface area contributed by atoms with E-state index in [2.05, 4.69) is 4.37 Å². The molecule has 1 heterocycles. The Hall–Kier alpha value is -1.15. The molecule has 1 aromatic carbocycles. The van der Waals surface area contributed by atoms with E-state index in [1.165, 1.54) is 11.5 Å². The molecule has 1 aromatic heterocycles. The second-order valence-corrected chi connectivity index (χ2v) is 2.80. The molecule has 0 radical (unpaired) electrons. The highest BCUT2D eigenvalue weighted by Crippen LogP contribution is 2.16. The zero-order valence-corrected chi connectivity index (χ0v) is 6.64. The third-order valence-corrected chi connectivity index (χ3v) is 1.95. The van der Waals surface area contributed by atoms with Crippen LogP contribution in [0.2, 0.25) is 0 Å². The molecule has 0 saturated carbocycles. The van der Waals surface area contributed by atoms with E-state index in [0.29, 0.717) is 6.04 Å². The number of aromatic nitrogens is 1. The van der Waals surface area contributed by atoms with Crippen molar-refractivity contribution in [3.05, 3.63) is 41.8 Å². The predicted molar refractivity (Wildman–Crippen MR) is 47.6 cm³/mol. The topological polar surface area (TPSA) is 12.9 Å². The Balaban J connectivity index is 2.51. The van der Waals surface area contributed by atoms with Crippen molar-refractivity contribution in [2.45, 2.75) is 0 Å². The van der Waals surface area contributed by atoms with E-state index in [-0.39, 0.29) is 0 Å². The Morgan fingerprint density at radius 1 is 1.27 bits per heavy atom. The first kappa shape index (κ1) is 5.49. The minimum absolute atomic E-state index is 0.506. The van der Waals surface area contributed by atoms with Crippen LogP contribution in [-0.2, 0) is 0 Å². The molecule has 11 heavy (non-hydrogen) atoms. The molecular weight excluding hydrogens is 154 g/mol. The Morgan fingerprint density at radius 3 is 2.73 bits per heavy atom. The molecule has 0 saturated heterocycles. The van der Waals surface area contributed by atoms with Gasteiger partial charge in [0.15, 0.2) is 0 Å². The first-order chi connectivity index (χ1) is 5.88. The molecule has 0 amide bonds. The lowest BCUT2D eigenvalue weighted by molar-refractivity contribution is 1.52. The molecule has 0 bridgehead atoms. The van der Waals surface area contributed by atoms with Crippen LogP contribution in [0.15, 0.2) is 41.8 Å². The van der Waals surface area contributed by atoms with E-state index in [1.54, 1.807) is 5.38 Å². The largest absolute Gasteiger partial charge is 0.193 e. The van der Waals surface area contributed by atoms with Crippen molar-refractivity contribution in [3.8, 4) is 11.3 Å². The van der Waals surface area contributed by atoms with Gasteiger partial charge in [0, 0.05) is 10.9 Å². The quantitative estimate of drug-likeness (QED) is 0.628. The second-order valence-electron chi connectivity index (χ2n) is 2.17. The summed E-state index contributed by atoms with van der Waals surface area (Å²) in [5.74, 6) is 0. The van der Waals surface area contributed by atoms with Crippen molar-refractivity contribution >= 4 is 11.5 Å². The molecule has 0 atom stereocenters. The molecular formula is C9H7NS. The summed E-state index contributed by atoms with van der Waals surface area (Å²) in [6.45, 7) is 0. The van der Waals surface area contributed by atoms with Gasteiger partial charge in [-0.3, -0.25) is 0 Å². The highest BCUT2D eigenvalue weighted by Gasteiger charge is 1.95. The molecule has 1 nitrogen and oxygen atoms in total. The standard InChI is InChI=1S/C9H7NS/c1-2-4-8(5-3-1)9-6-7-11-10-9/h1-7H/i6D. The highest BCUT2D eigenvalue weighted by molar-refractivity contribution is 7.03. The van der Waals surface area contributed by atoms with E-state index >= 15 is 0 Å². The van der Waals surface area contributed by atoms with Crippen molar-refractivity contribution < 1.29 is 1.37 Å². The minimum atomic E-state index is 0.506. The van der Waals surface area contributed by atoms with Crippen LogP contribution in [-0.4, -0.2) is 4.37 Å². The molecule has 2 rings (SSSR count). The summed E-state index contributed by atoms with van der Waals surface area (Å²) < 4.78 is 11.7. The fourth-order valence-corrected chi connectivity index (χ4v) is 1.40. The molecule has 0 unspecified atom stereocenters. The Morgan fingerprint density at radius 2 is 2.09 bits per heavy atom. The summed E-state index contributed by atoms with van der Waals surface area (Å²) in [6, 6.07) is 10.3.